The van der Waals surface area contributed by atoms with E-state index in [0.29, 0.717) is 17.9 Å². The highest BCUT2D eigenvalue weighted by Gasteiger charge is 2.40. The number of nitrogens with zero attached hydrogens (tertiary/aromatic N) is 2. The molecule has 0 aromatic heterocycles. The van der Waals surface area contributed by atoms with Crippen LogP contribution in [-0.4, -0.2) is 63.1 Å². The number of piperidine rings is 1. The maximum Gasteiger partial charge on any atom is 0.573 e. The van der Waals surface area contributed by atoms with Gasteiger partial charge in [0.25, 0.3) is 0 Å². The summed E-state index contributed by atoms with van der Waals surface area (Å²) in [7, 11) is 3.38. The average Bonchev–Trinajstić information content (AvgIpc) is 3.36. The summed E-state index contributed by atoms with van der Waals surface area (Å²) in [6.07, 6.45) is 5.16. The van der Waals surface area contributed by atoms with E-state index < -0.39 is 6.36 Å². The molecule has 3 aromatic carbocycles. The second-order valence-corrected chi connectivity index (χ2v) is 13.8. The first kappa shape index (κ1) is 34.3. The summed E-state index contributed by atoms with van der Waals surface area (Å²) >= 11 is 0. The van der Waals surface area contributed by atoms with Gasteiger partial charge in [0, 0.05) is 25.7 Å². The van der Waals surface area contributed by atoms with E-state index in [4.69, 9.17) is 15.2 Å². The summed E-state index contributed by atoms with van der Waals surface area (Å²) in [6.45, 7) is 6.79. The van der Waals surface area contributed by atoms with Gasteiger partial charge in [0.15, 0.2) is 0 Å². The molecule has 9 heteroatoms. The Kier molecular flexibility index (Phi) is 10.7. The van der Waals surface area contributed by atoms with Gasteiger partial charge in [0.2, 0.25) is 0 Å². The van der Waals surface area contributed by atoms with Crippen molar-refractivity contribution in [1.29, 1.82) is 0 Å². The number of allylic oxidation sites excluding steroid dienone is 1. The normalized spacial score (nSPS) is 19.9. The lowest BCUT2D eigenvalue weighted by Crippen LogP contribution is -2.41. The first-order chi connectivity index (χ1) is 23.1. The van der Waals surface area contributed by atoms with Crippen molar-refractivity contribution in [2.45, 2.75) is 64.4 Å². The van der Waals surface area contributed by atoms with Crippen molar-refractivity contribution < 1.29 is 27.4 Å². The SMILES string of the molecule is COc1cc(CN2CCC3(CC2)CCN(Cc2ccc4c(c2)C(c2ccc(OC(F)(F)F)cc2)=CC(CCCN)CC4)C3)cc(OC)c1. The maximum atomic E-state index is 12.8. The zero-order chi connectivity index (χ0) is 33.7. The Morgan fingerprint density at radius 1 is 0.812 bits per heavy atom. The van der Waals surface area contributed by atoms with Crippen LogP contribution in [0.25, 0.3) is 5.57 Å². The van der Waals surface area contributed by atoms with Gasteiger partial charge in [-0.05, 0) is 146 Å². The lowest BCUT2D eigenvalue weighted by molar-refractivity contribution is -0.274. The largest absolute Gasteiger partial charge is 0.573 e. The third-order valence-corrected chi connectivity index (χ3v) is 10.5. The summed E-state index contributed by atoms with van der Waals surface area (Å²) in [5.74, 6) is 1.80. The monoisotopic (exact) mass is 663 g/mol. The molecule has 0 bridgehead atoms. The summed E-state index contributed by atoms with van der Waals surface area (Å²) in [5, 5.41) is 0. The van der Waals surface area contributed by atoms with Crippen LogP contribution in [0.1, 0.15) is 66.3 Å². The van der Waals surface area contributed by atoms with Crippen LogP contribution in [0.15, 0.2) is 66.7 Å². The van der Waals surface area contributed by atoms with Crippen LogP contribution in [0.3, 0.4) is 0 Å². The minimum atomic E-state index is -4.71. The highest BCUT2D eigenvalue weighted by molar-refractivity contribution is 5.82. The van der Waals surface area contributed by atoms with E-state index in [-0.39, 0.29) is 5.75 Å². The Labute approximate surface area is 282 Å². The summed E-state index contributed by atoms with van der Waals surface area (Å²) in [6, 6.07) is 19.3. The molecule has 3 aliphatic rings. The smallest absolute Gasteiger partial charge is 0.497 e. The lowest BCUT2D eigenvalue weighted by Gasteiger charge is -2.39. The van der Waals surface area contributed by atoms with Crippen LogP contribution < -0.4 is 19.9 Å². The van der Waals surface area contributed by atoms with Crippen LogP contribution in [0.4, 0.5) is 13.2 Å². The molecule has 1 aliphatic carbocycles. The molecule has 0 radical (unpaired) electrons. The maximum absolute atomic E-state index is 12.8. The minimum absolute atomic E-state index is 0.205. The topological polar surface area (TPSA) is 60.2 Å². The molecular formula is C39H48F3N3O3. The molecule has 6 nitrogen and oxygen atoms in total. The molecule has 2 heterocycles. The number of halogens is 3. The fraction of sp³-hybridized carbons (Fsp3) is 0.487. The van der Waals surface area contributed by atoms with Crippen molar-refractivity contribution in [2.75, 3.05) is 46.9 Å². The number of methoxy groups -OCH3 is 2. The van der Waals surface area contributed by atoms with Crippen LogP contribution in [0.2, 0.25) is 0 Å². The number of fused-ring (bicyclic) bond motifs is 1. The van der Waals surface area contributed by atoms with Crippen molar-refractivity contribution in [3.05, 3.63) is 94.6 Å². The van der Waals surface area contributed by atoms with Gasteiger partial charge in [-0.2, -0.15) is 0 Å². The molecule has 6 rings (SSSR count). The van der Waals surface area contributed by atoms with Crippen molar-refractivity contribution in [2.24, 2.45) is 17.1 Å². The quantitative estimate of drug-likeness (QED) is 0.226. The molecule has 3 aromatic rings. The van der Waals surface area contributed by atoms with Gasteiger partial charge >= 0.3 is 6.36 Å². The molecule has 2 saturated heterocycles. The molecule has 2 aliphatic heterocycles. The summed E-state index contributed by atoms with van der Waals surface area (Å²) in [4.78, 5) is 5.16. The van der Waals surface area contributed by atoms with Crippen molar-refractivity contribution in [3.63, 3.8) is 0 Å². The van der Waals surface area contributed by atoms with E-state index in [0.717, 1.165) is 87.6 Å². The molecule has 0 saturated carbocycles. The van der Waals surface area contributed by atoms with E-state index in [2.05, 4.69) is 50.9 Å². The predicted octanol–water partition coefficient (Wildman–Crippen LogP) is 7.82. The Bertz CT molecular complexity index is 1540. The highest BCUT2D eigenvalue weighted by atomic mass is 19.4. The minimum Gasteiger partial charge on any atom is -0.497 e. The summed E-state index contributed by atoms with van der Waals surface area (Å²) < 4.78 is 53.6. The molecule has 258 valence electrons. The number of rotatable bonds is 11. The third-order valence-electron chi connectivity index (χ3n) is 10.5. The lowest BCUT2D eigenvalue weighted by atomic mass is 9.77. The standard InChI is InChI=1S/C39H48F3N3O3/c1-46-34-20-30(21-35(24-34)47-2)26-44-17-13-38(14-18-44)15-19-45(27-38)25-29-6-8-31-7-5-28(4-3-16-43)22-36(37(31)23-29)32-9-11-33(12-10-32)48-39(40,41)42/h6,8-12,20-24,28H,3-5,7,13-19,25-27,43H2,1-2H3. The van der Waals surface area contributed by atoms with E-state index in [9.17, 15) is 13.2 Å². The molecule has 1 atom stereocenters. The number of alkyl halides is 3. The van der Waals surface area contributed by atoms with Gasteiger partial charge in [-0.1, -0.05) is 30.3 Å². The van der Waals surface area contributed by atoms with Crippen LogP contribution in [0.5, 0.6) is 17.2 Å². The zero-order valence-electron chi connectivity index (χ0n) is 28.2. The molecule has 0 amide bonds. The molecule has 48 heavy (non-hydrogen) atoms. The van der Waals surface area contributed by atoms with E-state index in [1.165, 1.54) is 53.6 Å². The first-order valence-corrected chi connectivity index (χ1v) is 17.2. The number of likely N-dealkylation sites (tertiary alicyclic amines) is 2. The summed E-state index contributed by atoms with van der Waals surface area (Å²) in [5.41, 5.74) is 13.2. The number of nitrogens with two attached hydrogens (primary N) is 1. The predicted molar refractivity (Wildman–Crippen MR) is 183 cm³/mol. The molecule has 2 N–H and O–H groups in total. The van der Waals surface area contributed by atoms with Crippen LogP contribution in [-0.2, 0) is 19.5 Å². The van der Waals surface area contributed by atoms with Gasteiger partial charge < -0.3 is 19.9 Å². The number of ether oxygens (including phenoxy) is 3. The van der Waals surface area contributed by atoms with Gasteiger partial charge in [-0.15, -0.1) is 13.2 Å². The van der Waals surface area contributed by atoms with Crippen molar-refractivity contribution >= 4 is 5.57 Å². The van der Waals surface area contributed by atoms with E-state index >= 15 is 0 Å². The van der Waals surface area contributed by atoms with Gasteiger partial charge in [-0.25, -0.2) is 0 Å². The number of hydrogen-bond donors (Lipinski definition) is 1. The Morgan fingerprint density at radius 2 is 1.48 bits per heavy atom. The Morgan fingerprint density at radius 3 is 2.12 bits per heavy atom. The number of benzene rings is 3. The fourth-order valence-electron chi connectivity index (χ4n) is 7.87. The second-order valence-electron chi connectivity index (χ2n) is 13.8. The zero-order valence-corrected chi connectivity index (χ0v) is 28.2. The number of hydrogen-bond acceptors (Lipinski definition) is 6. The van der Waals surface area contributed by atoms with Gasteiger partial charge in [0.1, 0.15) is 17.2 Å². The van der Waals surface area contributed by atoms with E-state index in [1.54, 1.807) is 26.4 Å². The van der Waals surface area contributed by atoms with Gasteiger partial charge in [0.05, 0.1) is 14.2 Å². The van der Waals surface area contributed by atoms with Crippen LogP contribution in [0, 0.1) is 11.3 Å². The van der Waals surface area contributed by atoms with Crippen LogP contribution >= 0.6 is 0 Å². The second kappa shape index (κ2) is 14.9. The molecular weight excluding hydrogens is 615 g/mol. The van der Waals surface area contributed by atoms with Crippen molar-refractivity contribution in [1.82, 2.24) is 9.80 Å². The fourth-order valence-corrected chi connectivity index (χ4v) is 7.87. The average molecular weight is 664 g/mol. The van der Waals surface area contributed by atoms with Crippen molar-refractivity contribution in [3.8, 4) is 17.2 Å². The Balaban J connectivity index is 1.13. The third kappa shape index (κ3) is 8.54. The highest BCUT2D eigenvalue weighted by Crippen LogP contribution is 2.42. The van der Waals surface area contributed by atoms with E-state index in [1.807, 2.05) is 6.07 Å². The Hall–Kier alpha value is -3.53. The number of aryl methyl sites for hydroxylation is 1. The molecule has 1 unspecified atom stereocenters. The first-order valence-electron chi connectivity index (χ1n) is 17.2. The molecule has 2 fully saturated rings. The molecule has 1 spiro atoms. The van der Waals surface area contributed by atoms with Gasteiger partial charge in [-0.3, -0.25) is 9.80 Å².